The lowest BCUT2D eigenvalue weighted by Gasteiger charge is -2.19. The highest BCUT2D eigenvalue weighted by atomic mass is 19.4. The van der Waals surface area contributed by atoms with Crippen LogP contribution in [0, 0.1) is 5.92 Å². The molecule has 0 aromatic heterocycles. The molecule has 2 atom stereocenters. The van der Waals surface area contributed by atoms with Crippen molar-refractivity contribution in [2.24, 2.45) is 5.92 Å². The first-order valence-electron chi connectivity index (χ1n) is 6.43. The first kappa shape index (κ1) is 14.8. The number of hydrogen-bond acceptors (Lipinski definition) is 2. The molecule has 1 N–H and O–H groups in total. The molecule has 2 nitrogen and oxygen atoms in total. The lowest BCUT2D eigenvalue weighted by atomic mass is 10.1. The molecule has 1 saturated heterocycles. The van der Waals surface area contributed by atoms with E-state index in [1.165, 1.54) is 4.90 Å². The molecule has 17 heavy (non-hydrogen) atoms. The fraction of sp³-hybridized carbons (Fsp3) is 1.00. The summed E-state index contributed by atoms with van der Waals surface area (Å²) in [4.78, 5) is 1.51. The van der Waals surface area contributed by atoms with E-state index in [2.05, 4.69) is 19.2 Å². The SMILES string of the molecule is CCCC(C)NCC1CCN(CC(F)(F)F)C1. The van der Waals surface area contributed by atoms with Gasteiger partial charge in [0.1, 0.15) is 0 Å². The maximum Gasteiger partial charge on any atom is 0.401 e. The normalized spacial score (nSPS) is 24.2. The summed E-state index contributed by atoms with van der Waals surface area (Å²) in [5.74, 6) is 0.372. The molecule has 0 aromatic carbocycles. The molecule has 1 aliphatic rings. The molecule has 0 spiro atoms. The number of halogens is 3. The fourth-order valence-corrected chi connectivity index (χ4v) is 2.38. The number of likely N-dealkylation sites (tertiary alicyclic amines) is 1. The first-order valence-corrected chi connectivity index (χ1v) is 6.43. The zero-order valence-corrected chi connectivity index (χ0v) is 10.7. The van der Waals surface area contributed by atoms with Crippen molar-refractivity contribution in [3.63, 3.8) is 0 Å². The molecular formula is C12H23F3N2. The smallest absolute Gasteiger partial charge is 0.314 e. The van der Waals surface area contributed by atoms with Crippen molar-refractivity contribution in [2.45, 2.75) is 45.3 Å². The summed E-state index contributed by atoms with van der Waals surface area (Å²) in [6.07, 6.45) is -0.919. The van der Waals surface area contributed by atoms with Crippen LogP contribution in [0.5, 0.6) is 0 Å². The minimum absolute atomic E-state index is 0.372. The third kappa shape index (κ3) is 6.27. The molecule has 1 rings (SSSR count). The van der Waals surface area contributed by atoms with Gasteiger partial charge in [0.15, 0.2) is 0 Å². The van der Waals surface area contributed by atoms with E-state index >= 15 is 0 Å². The van der Waals surface area contributed by atoms with Crippen LogP contribution >= 0.6 is 0 Å². The standard InChI is InChI=1S/C12H23F3N2/c1-3-4-10(2)16-7-11-5-6-17(8-11)9-12(13,14)15/h10-11,16H,3-9H2,1-2H3. The maximum atomic E-state index is 12.2. The van der Waals surface area contributed by atoms with E-state index in [1.807, 2.05) is 0 Å². The Hall–Kier alpha value is -0.290. The summed E-state index contributed by atoms with van der Waals surface area (Å²) in [6.45, 7) is 5.51. The van der Waals surface area contributed by atoms with E-state index in [-0.39, 0.29) is 0 Å². The van der Waals surface area contributed by atoms with Crippen molar-refractivity contribution in [1.29, 1.82) is 0 Å². The molecule has 0 amide bonds. The van der Waals surface area contributed by atoms with Crippen LogP contribution in [0.25, 0.3) is 0 Å². The number of nitrogens with one attached hydrogen (secondary N) is 1. The average molecular weight is 252 g/mol. The van der Waals surface area contributed by atoms with Gasteiger partial charge in [-0.2, -0.15) is 13.2 Å². The second kappa shape index (κ2) is 6.59. The van der Waals surface area contributed by atoms with Crippen LogP contribution in [-0.4, -0.2) is 43.3 Å². The molecule has 0 saturated carbocycles. The van der Waals surface area contributed by atoms with Crippen LogP contribution in [-0.2, 0) is 0 Å². The molecule has 0 radical (unpaired) electrons. The quantitative estimate of drug-likeness (QED) is 0.782. The van der Waals surface area contributed by atoms with E-state index in [0.717, 1.165) is 25.8 Å². The minimum atomic E-state index is -4.06. The second-order valence-electron chi connectivity index (χ2n) is 5.10. The highest BCUT2D eigenvalue weighted by Crippen LogP contribution is 2.22. The minimum Gasteiger partial charge on any atom is -0.314 e. The van der Waals surface area contributed by atoms with Crippen molar-refractivity contribution in [3.8, 4) is 0 Å². The Balaban J connectivity index is 2.17. The van der Waals surface area contributed by atoms with E-state index in [0.29, 0.717) is 25.0 Å². The average Bonchev–Trinajstić information content (AvgIpc) is 2.60. The van der Waals surface area contributed by atoms with Crippen LogP contribution in [0.1, 0.15) is 33.1 Å². The van der Waals surface area contributed by atoms with Crippen LogP contribution < -0.4 is 5.32 Å². The Morgan fingerprint density at radius 2 is 2.12 bits per heavy atom. The van der Waals surface area contributed by atoms with E-state index in [9.17, 15) is 13.2 Å². The van der Waals surface area contributed by atoms with E-state index in [4.69, 9.17) is 0 Å². The van der Waals surface area contributed by atoms with Gasteiger partial charge in [-0.3, -0.25) is 4.90 Å². The van der Waals surface area contributed by atoms with Gasteiger partial charge >= 0.3 is 6.18 Å². The Kier molecular flexibility index (Phi) is 5.73. The summed E-state index contributed by atoms with van der Waals surface area (Å²) in [5, 5.41) is 3.40. The van der Waals surface area contributed by atoms with Crippen LogP contribution in [0.3, 0.4) is 0 Å². The monoisotopic (exact) mass is 252 g/mol. The molecule has 1 fully saturated rings. The van der Waals surface area contributed by atoms with Gasteiger partial charge in [-0.1, -0.05) is 13.3 Å². The zero-order chi connectivity index (χ0) is 12.9. The summed E-state index contributed by atoms with van der Waals surface area (Å²) in [5.41, 5.74) is 0. The molecule has 1 heterocycles. The van der Waals surface area contributed by atoms with Crippen molar-refractivity contribution in [2.75, 3.05) is 26.2 Å². The maximum absolute atomic E-state index is 12.2. The number of alkyl halides is 3. The van der Waals surface area contributed by atoms with Crippen LogP contribution in [0.15, 0.2) is 0 Å². The van der Waals surface area contributed by atoms with Gasteiger partial charge in [-0.25, -0.2) is 0 Å². The topological polar surface area (TPSA) is 15.3 Å². The van der Waals surface area contributed by atoms with Crippen molar-refractivity contribution < 1.29 is 13.2 Å². The molecule has 0 aliphatic carbocycles. The zero-order valence-electron chi connectivity index (χ0n) is 10.7. The Morgan fingerprint density at radius 1 is 1.41 bits per heavy atom. The van der Waals surface area contributed by atoms with Gasteiger partial charge in [-0.05, 0) is 38.8 Å². The van der Waals surface area contributed by atoms with Gasteiger partial charge < -0.3 is 5.32 Å². The van der Waals surface area contributed by atoms with Gasteiger partial charge in [-0.15, -0.1) is 0 Å². The molecule has 0 aromatic rings. The number of hydrogen-bond donors (Lipinski definition) is 1. The van der Waals surface area contributed by atoms with E-state index < -0.39 is 12.7 Å². The van der Waals surface area contributed by atoms with Crippen LogP contribution in [0.4, 0.5) is 13.2 Å². The predicted molar refractivity (Wildman–Crippen MR) is 63.0 cm³/mol. The van der Waals surface area contributed by atoms with Gasteiger partial charge in [0.05, 0.1) is 6.54 Å². The molecule has 0 bridgehead atoms. The Morgan fingerprint density at radius 3 is 2.71 bits per heavy atom. The predicted octanol–water partition coefficient (Wildman–Crippen LogP) is 2.65. The van der Waals surface area contributed by atoms with Crippen molar-refractivity contribution in [1.82, 2.24) is 10.2 Å². The fourth-order valence-electron chi connectivity index (χ4n) is 2.38. The summed E-state index contributed by atoms with van der Waals surface area (Å²) >= 11 is 0. The van der Waals surface area contributed by atoms with E-state index in [1.54, 1.807) is 0 Å². The summed E-state index contributed by atoms with van der Waals surface area (Å²) in [7, 11) is 0. The Bertz CT molecular complexity index is 218. The lowest BCUT2D eigenvalue weighted by molar-refractivity contribution is -0.143. The molecule has 5 heteroatoms. The third-order valence-corrected chi connectivity index (χ3v) is 3.25. The molecule has 102 valence electrons. The summed E-state index contributed by atoms with van der Waals surface area (Å²) in [6, 6.07) is 0.469. The van der Waals surface area contributed by atoms with Crippen molar-refractivity contribution in [3.05, 3.63) is 0 Å². The molecular weight excluding hydrogens is 229 g/mol. The van der Waals surface area contributed by atoms with Crippen molar-refractivity contribution >= 4 is 0 Å². The molecule has 1 aliphatic heterocycles. The number of nitrogens with zero attached hydrogens (tertiary/aromatic N) is 1. The van der Waals surface area contributed by atoms with Crippen LogP contribution in [0.2, 0.25) is 0 Å². The van der Waals surface area contributed by atoms with Gasteiger partial charge in [0.25, 0.3) is 0 Å². The Labute approximate surface area is 102 Å². The van der Waals surface area contributed by atoms with Gasteiger partial charge in [0, 0.05) is 12.6 Å². The summed E-state index contributed by atoms with van der Waals surface area (Å²) < 4.78 is 36.6. The van der Waals surface area contributed by atoms with Gasteiger partial charge in [0.2, 0.25) is 0 Å². The molecule has 2 unspecified atom stereocenters. The highest BCUT2D eigenvalue weighted by Gasteiger charge is 2.34. The lowest BCUT2D eigenvalue weighted by Crippen LogP contribution is -2.35. The largest absolute Gasteiger partial charge is 0.401 e. The first-order chi connectivity index (χ1) is 7.90. The highest BCUT2D eigenvalue weighted by molar-refractivity contribution is 4.79. The third-order valence-electron chi connectivity index (χ3n) is 3.25. The second-order valence-corrected chi connectivity index (χ2v) is 5.10. The number of rotatable bonds is 6.